The van der Waals surface area contributed by atoms with E-state index >= 15 is 0 Å². The highest BCUT2D eigenvalue weighted by molar-refractivity contribution is 6.31. The molecule has 0 radical (unpaired) electrons. The molecule has 0 heterocycles. The van der Waals surface area contributed by atoms with E-state index in [1.54, 1.807) is 30.3 Å². The molecule has 0 aliphatic carbocycles. The van der Waals surface area contributed by atoms with Gasteiger partial charge in [0.05, 0.1) is 5.56 Å². The summed E-state index contributed by atoms with van der Waals surface area (Å²) in [5, 5.41) is 0.575. The van der Waals surface area contributed by atoms with Crippen LogP contribution in [0, 0.1) is 0 Å². The number of esters is 1. The maximum atomic E-state index is 11.8. The number of halogens is 1. The Morgan fingerprint density at radius 3 is 2.50 bits per heavy atom. The van der Waals surface area contributed by atoms with Crippen molar-refractivity contribution in [1.82, 2.24) is 0 Å². The highest BCUT2D eigenvalue weighted by Crippen LogP contribution is 2.17. The minimum Gasteiger partial charge on any atom is -0.457 e. The Morgan fingerprint density at radius 2 is 1.78 bits per heavy atom. The quantitative estimate of drug-likeness (QED) is 0.681. The summed E-state index contributed by atoms with van der Waals surface area (Å²) in [6.07, 6.45) is 0. The largest absolute Gasteiger partial charge is 0.457 e. The van der Waals surface area contributed by atoms with Gasteiger partial charge in [0.2, 0.25) is 0 Å². The molecule has 0 aliphatic heterocycles. The van der Waals surface area contributed by atoms with Gasteiger partial charge in [-0.25, -0.2) is 4.79 Å². The Balaban J connectivity index is 2.06. The van der Waals surface area contributed by atoms with E-state index in [2.05, 4.69) is 0 Å². The molecule has 0 amide bonds. The Labute approximate surface area is 110 Å². The smallest absolute Gasteiger partial charge is 0.340 e. The number of nitrogen functional groups attached to an aromatic ring is 1. The van der Waals surface area contributed by atoms with Crippen LogP contribution in [0.4, 0.5) is 5.69 Å². The SMILES string of the molecule is Nc1ccccc1C(=O)OCc1ccccc1Cl. The lowest BCUT2D eigenvalue weighted by molar-refractivity contribution is 0.0474. The summed E-state index contributed by atoms with van der Waals surface area (Å²) in [5.74, 6) is -0.451. The highest BCUT2D eigenvalue weighted by atomic mass is 35.5. The number of carbonyl (C=O) groups excluding carboxylic acids is 1. The average molecular weight is 262 g/mol. The van der Waals surface area contributed by atoms with Crippen molar-refractivity contribution in [3.05, 3.63) is 64.7 Å². The molecule has 0 saturated carbocycles. The van der Waals surface area contributed by atoms with E-state index in [-0.39, 0.29) is 6.61 Å². The first-order valence-corrected chi connectivity index (χ1v) is 5.81. The third kappa shape index (κ3) is 2.81. The van der Waals surface area contributed by atoms with Crippen LogP contribution in [-0.2, 0) is 11.3 Å². The van der Waals surface area contributed by atoms with Crippen LogP contribution in [0.3, 0.4) is 0 Å². The molecule has 18 heavy (non-hydrogen) atoms. The molecule has 0 fully saturated rings. The standard InChI is InChI=1S/C14H12ClNO2/c15-12-7-3-1-5-10(12)9-18-14(17)11-6-2-4-8-13(11)16/h1-8H,9,16H2. The molecule has 4 heteroatoms. The number of benzene rings is 2. The Bertz CT molecular complexity index is 569. The van der Waals surface area contributed by atoms with Gasteiger partial charge in [-0.3, -0.25) is 0 Å². The first kappa shape index (κ1) is 12.5. The fourth-order valence-corrected chi connectivity index (χ4v) is 1.71. The normalized spacial score (nSPS) is 10.1. The zero-order valence-corrected chi connectivity index (χ0v) is 10.4. The van der Waals surface area contributed by atoms with Gasteiger partial charge in [-0.2, -0.15) is 0 Å². The monoisotopic (exact) mass is 261 g/mol. The first-order valence-electron chi connectivity index (χ1n) is 5.43. The number of carbonyl (C=O) groups is 1. The number of hydrogen-bond acceptors (Lipinski definition) is 3. The summed E-state index contributed by atoms with van der Waals surface area (Å²) in [7, 11) is 0. The second-order valence-electron chi connectivity index (χ2n) is 3.75. The maximum absolute atomic E-state index is 11.8. The first-order chi connectivity index (χ1) is 8.68. The molecule has 2 aromatic rings. The molecule has 2 N–H and O–H groups in total. The van der Waals surface area contributed by atoms with E-state index in [0.29, 0.717) is 16.3 Å². The van der Waals surface area contributed by atoms with Crippen molar-refractivity contribution in [2.75, 3.05) is 5.73 Å². The molecule has 0 unspecified atom stereocenters. The average Bonchev–Trinajstić information content (AvgIpc) is 2.38. The van der Waals surface area contributed by atoms with Crippen LogP contribution in [-0.4, -0.2) is 5.97 Å². The molecular formula is C14H12ClNO2. The van der Waals surface area contributed by atoms with Gasteiger partial charge in [0.15, 0.2) is 0 Å². The van der Waals surface area contributed by atoms with Crippen molar-refractivity contribution in [2.45, 2.75) is 6.61 Å². The number of nitrogens with two attached hydrogens (primary N) is 1. The van der Waals surface area contributed by atoms with Gasteiger partial charge in [0.25, 0.3) is 0 Å². The van der Waals surface area contributed by atoms with Crippen molar-refractivity contribution in [2.24, 2.45) is 0 Å². The molecule has 0 aromatic heterocycles. The number of para-hydroxylation sites is 1. The maximum Gasteiger partial charge on any atom is 0.340 e. The number of hydrogen-bond donors (Lipinski definition) is 1. The van der Waals surface area contributed by atoms with Crippen molar-refractivity contribution in [3.8, 4) is 0 Å². The minimum atomic E-state index is -0.451. The van der Waals surface area contributed by atoms with Crippen LogP contribution in [0.5, 0.6) is 0 Å². The third-order valence-corrected chi connectivity index (χ3v) is 2.87. The zero-order valence-electron chi connectivity index (χ0n) is 9.60. The summed E-state index contributed by atoms with van der Waals surface area (Å²) < 4.78 is 5.17. The predicted octanol–water partition coefficient (Wildman–Crippen LogP) is 3.28. The number of rotatable bonds is 3. The Hall–Kier alpha value is -2.00. The lowest BCUT2D eigenvalue weighted by atomic mass is 10.2. The molecule has 0 saturated heterocycles. The van der Waals surface area contributed by atoms with E-state index < -0.39 is 5.97 Å². The molecule has 0 bridgehead atoms. The van der Waals surface area contributed by atoms with E-state index in [4.69, 9.17) is 22.1 Å². The number of anilines is 1. The van der Waals surface area contributed by atoms with Crippen molar-refractivity contribution < 1.29 is 9.53 Å². The summed E-state index contributed by atoms with van der Waals surface area (Å²) >= 11 is 5.97. The molecular weight excluding hydrogens is 250 g/mol. The van der Waals surface area contributed by atoms with Gasteiger partial charge in [0.1, 0.15) is 6.61 Å². The Morgan fingerprint density at radius 1 is 1.11 bits per heavy atom. The lowest BCUT2D eigenvalue weighted by Gasteiger charge is -2.07. The van der Waals surface area contributed by atoms with Gasteiger partial charge < -0.3 is 10.5 Å². The van der Waals surface area contributed by atoms with E-state index in [0.717, 1.165) is 5.56 Å². The molecule has 92 valence electrons. The van der Waals surface area contributed by atoms with E-state index in [9.17, 15) is 4.79 Å². The predicted molar refractivity (Wildman–Crippen MR) is 71.4 cm³/mol. The molecule has 3 nitrogen and oxygen atoms in total. The zero-order chi connectivity index (χ0) is 13.0. The van der Waals surface area contributed by atoms with Crippen molar-refractivity contribution >= 4 is 23.3 Å². The van der Waals surface area contributed by atoms with Crippen LogP contribution in [0.1, 0.15) is 15.9 Å². The fraction of sp³-hybridized carbons (Fsp3) is 0.0714. The van der Waals surface area contributed by atoms with Gasteiger partial charge in [0, 0.05) is 16.3 Å². The van der Waals surface area contributed by atoms with Crippen LogP contribution < -0.4 is 5.73 Å². The van der Waals surface area contributed by atoms with Gasteiger partial charge >= 0.3 is 5.97 Å². The van der Waals surface area contributed by atoms with Crippen molar-refractivity contribution in [1.29, 1.82) is 0 Å². The summed E-state index contributed by atoms with van der Waals surface area (Å²) in [6.45, 7) is 0.132. The van der Waals surface area contributed by atoms with Crippen LogP contribution in [0.25, 0.3) is 0 Å². The van der Waals surface area contributed by atoms with Gasteiger partial charge in [-0.05, 0) is 18.2 Å². The summed E-state index contributed by atoms with van der Waals surface area (Å²) in [6, 6.07) is 14.0. The third-order valence-electron chi connectivity index (χ3n) is 2.50. The lowest BCUT2D eigenvalue weighted by Crippen LogP contribution is -2.08. The molecule has 2 rings (SSSR count). The van der Waals surface area contributed by atoms with Crippen LogP contribution in [0.15, 0.2) is 48.5 Å². The topological polar surface area (TPSA) is 52.3 Å². The van der Waals surface area contributed by atoms with Crippen LogP contribution in [0.2, 0.25) is 5.02 Å². The molecule has 0 atom stereocenters. The highest BCUT2D eigenvalue weighted by Gasteiger charge is 2.11. The van der Waals surface area contributed by atoms with Gasteiger partial charge in [-0.15, -0.1) is 0 Å². The minimum absolute atomic E-state index is 0.132. The van der Waals surface area contributed by atoms with Crippen molar-refractivity contribution in [3.63, 3.8) is 0 Å². The molecule has 2 aromatic carbocycles. The molecule has 0 spiro atoms. The Kier molecular flexibility index (Phi) is 3.85. The van der Waals surface area contributed by atoms with E-state index in [1.165, 1.54) is 0 Å². The molecule has 0 aliphatic rings. The second-order valence-corrected chi connectivity index (χ2v) is 4.16. The van der Waals surface area contributed by atoms with Crippen LogP contribution >= 0.6 is 11.6 Å². The fourth-order valence-electron chi connectivity index (χ4n) is 1.52. The summed E-state index contributed by atoms with van der Waals surface area (Å²) in [5.41, 5.74) is 7.23. The number of ether oxygens (including phenoxy) is 1. The van der Waals surface area contributed by atoms with Gasteiger partial charge in [-0.1, -0.05) is 41.9 Å². The second kappa shape index (κ2) is 5.56. The summed E-state index contributed by atoms with van der Waals surface area (Å²) in [4.78, 5) is 11.8. The van der Waals surface area contributed by atoms with E-state index in [1.807, 2.05) is 18.2 Å².